The molecule has 7 heteroatoms. The number of hydrogen-bond acceptors (Lipinski definition) is 3. The van der Waals surface area contributed by atoms with Gasteiger partial charge in [0.15, 0.2) is 6.10 Å². The Morgan fingerprint density at radius 1 is 1.29 bits per heavy atom. The molecule has 94 valence electrons. The highest BCUT2D eigenvalue weighted by Gasteiger charge is 2.37. The van der Waals surface area contributed by atoms with Crippen molar-refractivity contribution in [1.82, 2.24) is 0 Å². The molecule has 3 nitrogen and oxygen atoms in total. The second kappa shape index (κ2) is 5.53. The number of benzene rings is 1. The summed E-state index contributed by atoms with van der Waals surface area (Å²) in [4.78, 5) is 0. The van der Waals surface area contributed by atoms with Crippen LogP contribution in [0.1, 0.15) is 12.5 Å². The zero-order chi connectivity index (χ0) is 13.1. The van der Waals surface area contributed by atoms with Crippen LogP contribution in [0.2, 0.25) is 0 Å². The van der Waals surface area contributed by atoms with Crippen LogP contribution in [0, 0.1) is 0 Å². The van der Waals surface area contributed by atoms with Crippen molar-refractivity contribution in [2.45, 2.75) is 25.8 Å². The highest BCUT2D eigenvalue weighted by Crippen LogP contribution is 2.23. The predicted molar refractivity (Wildman–Crippen MR) is 56.6 cm³/mol. The Hall–Kier alpha value is -1.05. The van der Waals surface area contributed by atoms with Crippen LogP contribution in [0.25, 0.3) is 0 Å². The maximum atomic E-state index is 12.2. The summed E-state index contributed by atoms with van der Waals surface area (Å²) in [5.41, 5.74) is 0.459. The Balaban J connectivity index is 2.70. The van der Waals surface area contributed by atoms with Gasteiger partial charge in [-0.3, -0.25) is 0 Å². The van der Waals surface area contributed by atoms with Gasteiger partial charge < -0.3 is 14.8 Å². The van der Waals surface area contributed by atoms with Gasteiger partial charge in [0.1, 0.15) is 0 Å². The van der Waals surface area contributed by atoms with Gasteiger partial charge >= 0.3 is 13.3 Å². The van der Waals surface area contributed by atoms with Crippen LogP contribution in [0.5, 0.6) is 0 Å². The second-order valence-electron chi connectivity index (χ2n) is 3.57. The SMILES string of the molecule is CC(OCc1ccccc1B(O)O)C(F)(F)F. The number of hydrogen-bond donors (Lipinski definition) is 2. The molecule has 0 aliphatic carbocycles. The molecule has 1 aromatic rings. The van der Waals surface area contributed by atoms with E-state index in [1.54, 1.807) is 12.1 Å². The monoisotopic (exact) mass is 248 g/mol. The van der Waals surface area contributed by atoms with Gasteiger partial charge in [-0.25, -0.2) is 0 Å². The van der Waals surface area contributed by atoms with Gasteiger partial charge in [-0.15, -0.1) is 0 Å². The predicted octanol–water partition coefficient (Wildman–Crippen LogP) is 0.834. The first-order valence-electron chi connectivity index (χ1n) is 4.94. The van der Waals surface area contributed by atoms with Crippen LogP contribution in [0.3, 0.4) is 0 Å². The molecule has 0 heterocycles. The standard InChI is InChI=1S/C10H12BF3O3/c1-7(10(12,13)14)17-6-8-4-2-3-5-9(8)11(15)16/h2-5,7,15-16H,6H2,1H3. The van der Waals surface area contributed by atoms with Crippen molar-refractivity contribution in [1.29, 1.82) is 0 Å². The molecule has 0 aliphatic rings. The van der Waals surface area contributed by atoms with E-state index in [1.807, 2.05) is 0 Å². The summed E-state index contributed by atoms with van der Waals surface area (Å²) >= 11 is 0. The summed E-state index contributed by atoms with van der Waals surface area (Å²) in [7, 11) is -1.73. The van der Waals surface area contributed by atoms with E-state index in [9.17, 15) is 13.2 Å². The van der Waals surface area contributed by atoms with Crippen LogP contribution in [-0.2, 0) is 11.3 Å². The van der Waals surface area contributed by atoms with Gasteiger partial charge in [0.25, 0.3) is 0 Å². The first-order chi connectivity index (χ1) is 7.82. The molecule has 0 aromatic heterocycles. The molecular formula is C10H12BF3O3. The molecule has 1 atom stereocenters. The first kappa shape index (κ1) is 14.0. The fourth-order valence-corrected chi connectivity index (χ4v) is 1.23. The van der Waals surface area contributed by atoms with E-state index in [4.69, 9.17) is 10.0 Å². The van der Waals surface area contributed by atoms with E-state index in [2.05, 4.69) is 4.74 Å². The van der Waals surface area contributed by atoms with E-state index >= 15 is 0 Å². The Kier molecular flexibility index (Phi) is 4.56. The molecule has 1 rings (SSSR count). The maximum absolute atomic E-state index is 12.2. The summed E-state index contributed by atoms with van der Waals surface area (Å²) in [6, 6.07) is 6.05. The average Bonchev–Trinajstić information content (AvgIpc) is 2.24. The van der Waals surface area contributed by atoms with Gasteiger partial charge in [-0.2, -0.15) is 13.2 Å². The summed E-state index contributed by atoms with van der Waals surface area (Å²) in [5, 5.41) is 18.0. The molecule has 0 radical (unpaired) electrons. The number of ether oxygens (including phenoxy) is 1. The second-order valence-corrected chi connectivity index (χ2v) is 3.57. The molecule has 0 saturated carbocycles. The number of alkyl halides is 3. The molecule has 0 fully saturated rings. The molecule has 2 N–H and O–H groups in total. The Bertz CT molecular complexity index is 368. The van der Waals surface area contributed by atoms with Crippen molar-refractivity contribution in [3.8, 4) is 0 Å². The van der Waals surface area contributed by atoms with E-state index in [0.29, 0.717) is 5.56 Å². The Labute approximate surface area is 97.0 Å². The van der Waals surface area contributed by atoms with Crippen LogP contribution in [-0.4, -0.2) is 29.4 Å². The molecule has 1 unspecified atom stereocenters. The Morgan fingerprint density at radius 3 is 2.41 bits per heavy atom. The lowest BCUT2D eigenvalue weighted by Gasteiger charge is -2.17. The minimum absolute atomic E-state index is 0.141. The third-order valence-electron chi connectivity index (χ3n) is 2.28. The molecule has 0 bridgehead atoms. The van der Waals surface area contributed by atoms with Crippen LogP contribution < -0.4 is 5.46 Å². The normalized spacial score (nSPS) is 13.5. The average molecular weight is 248 g/mol. The molecular weight excluding hydrogens is 236 g/mol. The summed E-state index contributed by atoms with van der Waals surface area (Å²) in [6.07, 6.45) is -6.32. The van der Waals surface area contributed by atoms with Gasteiger partial charge in [-0.1, -0.05) is 24.3 Å². The van der Waals surface area contributed by atoms with Crippen molar-refractivity contribution in [3.63, 3.8) is 0 Å². The molecule has 1 aromatic carbocycles. The van der Waals surface area contributed by atoms with Gasteiger partial charge in [0.05, 0.1) is 6.61 Å². The fourth-order valence-electron chi connectivity index (χ4n) is 1.23. The topological polar surface area (TPSA) is 49.7 Å². The van der Waals surface area contributed by atoms with E-state index in [0.717, 1.165) is 6.92 Å². The lowest BCUT2D eigenvalue weighted by atomic mass is 9.77. The van der Waals surface area contributed by atoms with Gasteiger partial charge in [0, 0.05) is 0 Å². The first-order valence-corrected chi connectivity index (χ1v) is 4.94. The van der Waals surface area contributed by atoms with Crippen molar-refractivity contribution < 1.29 is 28.0 Å². The highest BCUT2D eigenvalue weighted by atomic mass is 19.4. The fraction of sp³-hybridized carbons (Fsp3) is 0.400. The summed E-state index contributed by atoms with van der Waals surface area (Å²) < 4.78 is 41.2. The van der Waals surface area contributed by atoms with Crippen molar-refractivity contribution >= 4 is 12.6 Å². The van der Waals surface area contributed by atoms with Crippen LogP contribution in [0.15, 0.2) is 24.3 Å². The number of halogens is 3. The van der Waals surface area contributed by atoms with E-state index in [-0.39, 0.29) is 12.1 Å². The Morgan fingerprint density at radius 2 is 1.88 bits per heavy atom. The van der Waals surface area contributed by atoms with Crippen LogP contribution >= 0.6 is 0 Å². The minimum Gasteiger partial charge on any atom is -0.423 e. The number of rotatable bonds is 4. The zero-order valence-electron chi connectivity index (χ0n) is 9.11. The molecule has 17 heavy (non-hydrogen) atoms. The van der Waals surface area contributed by atoms with Crippen molar-refractivity contribution in [3.05, 3.63) is 29.8 Å². The van der Waals surface area contributed by atoms with Crippen molar-refractivity contribution in [2.75, 3.05) is 0 Å². The van der Waals surface area contributed by atoms with Gasteiger partial charge in [0.2, 0.25) is 0 Å². The maximum Gasteiger partial charge on any atom is 0.488 e. The quantitative estimate of drug-likeness (QED) is 0.776. The summed E-state index contributed by atoms with van der Waals surface area (Å²) in [6.45, 7) is 0.576. The van der Waals surface area contributed by atoms with Gasteiger partial charge in [-0.05, 0) is 17.9 Å². The molecule has 0 spiro atoms. The minimum atomic E-state index is -4.42. The smallest absolute Gasteiger partial charge is 0.423 e. The third kappa shape index (κ3) is 4.03. The lowest BCUT2D eigenvalue weighted by Crippen LogP contribution is -2.34. The van der Waals surface area contributed by atoms with Crippen molar-refractivity contribution in [2.24, 2.45) is 0 Å². The zero-order valence-corrected chi connectivity index (χ0v) is 9.11. The summed E-state index contributed by atoms with van der Waals surface area (Å²) in [5.74, 6) is 0. The van der Waals surface area contributed by atoms with Crippen LogP contribution in [0.4, 0.5) is 13.2 Å². The molecule has 0 aliphatic heterocycles. The highest BCUT2D eigenvalue weighted by molar-refractivity contribution is 6.59. The molecule has 0 amide bonds. The lowest BCUT2D eigenvalue weighted by molar-refractivity contribution is -0.217. The largest absolute Gasteiger partial charge is 0.488 e. The third-order valence-corrected chi connectivity index (χ3v) is 2.28. The molecule has 0 saturated heterocycles. The van der Waals surface area contributed by atoms with E-state index < -0.39 is 19.4 Å². The van der Waals surface area contributed by atoms with E-state index in [1.165, 1.54) is 12.1 Å².